The number of alkyl carbamates (subject to hydrolysis) is 1. The molecular weight excluding hydrogens is 340 g/mol. The summed E-state index contributed by atoms with van der Waals surface area (Å²) in [5.41, 5.74) is 0.589. The summed E-state index contributed by atoms with van der Waals surface area (Å²) in [6.07, 6.45) is 2.43. The quantitative estimate of drug-likeness (QED) is 0.846. The van der Waals surface area contributed by atoms with Crippen molar-refractivity contribution >= 4 is 23.6 Å². The number of nitrogens with one attached hydrogen (secondary N) is 2. The van der Waals surface area contributed by atoms with Gasteiger partial charge in [0.25, 0.3) is 0 Å². The van der Waals surface area contributed by atoms with Gasteiger partial charge in [-0.2, -0.15) is 0 Å². The van der Waals surface area contributed by atoms with Crippen LogP contribution in [0.4, 0.5) is 4.79 Å². The lowest BCUT2D eigenvalue weighted by molar-refractivity contribution is -0.123. The Bertz CT molecular complexity index is 610. The first-order chi connectivity index (χ1) is 11.7. The minimum Gasteiger partial charge on any atom is -0.444 e. The second-order valence-electron chi connectivity index (χ2n) is 7.57. The van der Waals surface area contributed by atoms with Gasteiger partial charge in [-0.05, 0) is 58.2 Å². The highest BCUT2D eigenvalue weighted by Gasteiger charge is 2.31. The second-order valence-corrected chi connectivity index (χ2v) is 8.01. The van der Waals surface area contributed by atoms with Gasteiger partial charge in [-0.3, -0.25) is 4.79 Å². The third kappa shape index (κ3) is 5.92. The molecule has 3 atom stereocenters. The molecule has 1 aliphatic carbocycles. The number of carbonyl (C=O) groups excluding carboxylic acids is 2. The molecule has 1 aromatic carbocycles. The maximum absolute atomic E-state index is 12.4. The molecule has 1 aromatic rings. The van der Waals surface area contributed by atoms with E-state index in [4.69, 9.17) is 16.3 Å². The van der Waals surface area contributed by atoms with E-state index in [0.717, 1.165) is 19.3 Å². The lowest BCUT2D eigenvalue weighted by Gasteiger charge is -2.25. The minimum absolute atomic E-state index is 0.0663. The lowest BCUT2D eigenvalue weighted by Crippen LogP contribution is -2.49. The zero-order valence-electron chi connectivity index (χ0n) is 15.3. The predicted octanol–water partition coefficient (Wildman–Crippen LogP) is 4.01. The van der Waals surface area contributed by atoms with Gasteiger partial charge < -0.3 is 15.4 Å². The Hall–Kier alpha value is -1.75. The van der Waals surface area contributed by atoms with E-state index in [1.54, 1.807) is 27.7 Å². The molecule has 1 fully saturated rings. The molecule has 0 aromatic heterocycles. The number of carbonyl (C=O) groups is 2. The summed E-state index contributed by atoms with van der Waals surface area (Å²) >= 11 is 5.95. The van der Waals surface area contributed by atoms with Crippen LogP contribution in [0.25, 0.3) is 0 Å². The smallest absolute Gasteiger partial charge is 0.408 e. The van der Waals surface area contributed by atoms with Gasteiger partial charge in [0.15, 0.2) is 0 Å². The molecule has 0 aliphatic heterocycles. The Labute approximate surface area is 154 Å². The van der Waals surface area contributed by atoms with E-state index in [1.807, 2.05) is 24.3 Å². The normalized spacial score (nSPS) is 21.5. The summed E-state index contributed by atoms with van der Waals surface area (Å²) in [5.74, 6) is 0.0756. The molecule has 0 bridgehead atoms. The Balaban J connectivity index is 1.92. The van der Waals surface area contributed by atoms with Crippen molar-refractivity contribution in [1.82, 2.24) is 10.6 Å². The third-order valence-electron chi connectivity index (χ3n) is 4.27. The fourth-order valence-electron chi connectivity index (χ4n) is 3.10. The summed E-state index contributed by atoms with van der Waals surface area (Å²) in [6.45, 7) is 7.01. The van der Waals surface area contributed by atoms with Gasteiger partial charge in [-0.15, -0.1) is 0 Å². The maximum Gasteiger partial charge on any atom is 0.408 e. The molecule has 1 saturated carbocycles. The van der Waals surface area contributed by atoms with Crippen molar-refractivity contribution in [3.8, 4) is 0 Å². The number of benzene rings is 1. The molecule has 2 amide bonds. The molecule has 0 spiro atoms. The van der Waals surface area contributed by atoms with E-state index in [0.29, 0.717) is 5.02 Å². The summed E-state index contributed by atoms with van der Waals surface area (Å²) in [7, 11) is 0. The molecule has 0 heterocycles. The fraction of sp³-hybridized carbons (Fsp3) is 0.579. The van der Waals surface area contributed by atoms with Gasteiger partial charge in [0.2, 0.25) is 5.91 Å². The van der Waals surface area contributed by atoms with Gasteiger partial charge >= 0.3 is 6.09 Å². The Morgan fingerprint density at radius 2 is 1.84 bits per heavy atom. The van der Waals surface area contributed by atoms with Gasteiger partial charge in [0.05, 0.1) is 0 Å². The van der Waals surface area contributed by atoms with Gasteiger partial charge in [-0.1, -0.05) is 30.2 Å². The van der Waals surface area contributed by atoms with Crippen LogP contribution in [0.5, 0.6) is 0 Å². The van der Waals surface area contributed by atoms with Crippen molar-refractivity contribution in [2.24, 2.45) is 0 Å². The van der Waals surface area contributed by atoms with E-state index < -0.39 is 17.7 Å². The van der Waals surface area contributed by atoms with Crippen molar-refractivity contribution < 1.29 is 14.3 Å². The zero-order valence-corrected chi connectivity index (χ0v) is 16.0. The summed E-state index contributed by atoms with van der Waals surface area (Å²) in [5, 5.41) is 6.36. The highest BCUT2D eigenvalue weighted by Crippen LogP contribution is 2.35. The molecule has 138 valence electrons. The van der Waals surface area contributed by atoms with Crippen LogP contribution >= 0.6 is 11.6 Å². The Morgan fingerprint density at radius 1 is 1.20 bits per heavy atom. The molecule has 2 rings (SSSR count). The van der Waals surface area contributed by atoms with Crippen LogP contribution in [0.15, 0.2) is 24.3 Å². The standard InChI is InChI=1S/C19H27ClN2O3/c1-12(21-18(24)25-19(2,3)4)17(23)22-16-7-5-6-15(16)13-8-10-14(20)11-9-13/h8-12,15-16H,5-7H2,1-4H3,(H,21,24)(H,22,23)/t12-,15-,16+/m0/s1. The van der Waals surface area contributed by atoms with E-state index in [2.05, 4.69) is 10.6 Å². The summed E-state index contributed by atoms with van der Waals surface area (Å²) in [6, 6.07) is 7.19. The average Bonchev–Trinajstić information content (AvgIpc) is 2.94. The van der Waals surface area contributed by atoms with Crippen molar-refractivity contribution in [3.05, 3.63) is 34.9 Å². The van der Waals surface area contributed by atoms with E-state index in [9.17, 15) is 9.59 Å². The largest absolute Gasteiger partial charge is 0.444 e. The third-order valence-corrected chi connectivity index (χ3v) is 4.52. The first-order valence-corrected chi connectivity index (χ1v) is 9.09. The van der Waals surface area contributed by atoms with Crippen molar-refractivity contribution in [1.29, 1.82) is 0 Å². The molecule has 25 heavy (non-hydrogen) atoms. The van der Waals surface area contributed by atoms with Crippen LogP contribution in [0.2, 0.25) is 5.02 Å². The zero-order chi connectivity index (χ0) is 18.6. The first-order valence-electron chi connectivity index (χ1n) is 8.71. The molecule has 1 aliphatic rings. The highest BCUT2D eigenvalue weighted by molar-refractivity contribution is 6.30. The minimum atomic E-state index is -0.652. The van der Waals surface area contributed by atoms with E-state index >= 15 is 0 Å². The van der Waals surface area contributed by atoms with Crippen LogP contribution < -0.4 is 10.6 Å². The Kier molecular flexibility index (Phi) is 6.33. The summed E-state index contributed by atoms with van der Waals surface area (Å²) < 4.78 is 5.19. The number of rotatable bonds is 4. The number of hydrogen-bond donors (Lipinski definition) is 2. The molecule has 2 N–H and O–H groups in total. The van der Waals surface area contributed by atoms with Crippen molar-refractivity contribution in [2.75, 3.05) is 0 Å². The van der Waals surface area contributed by atoms with Gasteiger partial charge in [0.1, 0.15) is 11.6 Å². The number of hydrogen-bond acceptors (Lipinski definition) is 3. The molecular formula is C19H27ClN2O3. The fourth-order valence-corrected chi connectivity index (χ4v) is 3.23. The highest BCUT2D eigenvalue weighted by atomic mass is 35.5. The topological polar surface area (TPSA) is 67.4 Å². The number of ether oxygens (including phenoxy) is 1. The summed E-state index contributed by atoms with van der Waals surface area (Å²) in [4.78, 5) is 24.2. The molecule has 6 heteroatoms. The van der Waals surface area contributed by atoms with Crippen LogP contribution in [-0.4, -0.2) is 29.7 Å². The van der Waals surface area contributed by atoms with Crippen LogP contribution in [-0.2, 0) is 9.53 Å². The van der Waals surface area contributed by atoms with Crippen LogP contribution in [0.1, 0.15) is 58.4 Å². The van der Waals surface area contributed by atoms with E-state index in [-0.39, 0.29) is 17.9 Å². The van der Waals surface area contributed by atoms with Crippen molar-refractivity contribution in [2.45, 2.75) is 70.6 Å². The number of halogens is 1. The number of amides is 2. The maximum atomic E-state index is 12.4. The molecule has 0 saturated heterocycles. The van der Waals surface area contributed by atoms with Crippen molar-refractivity contribution in [3.63, 3.8) is 0 Å². The first kappa shape index (κ1) is 19.6. The average molecular weight is 367 g/mol. The SMILES string of the molecule is C[C@H](NC(=O)OC(C)(C)C)C(=O)N[C@@H]1CCC[C@H]1c1ccc(Cl)cc1. The monoisotopic (exact) mass is 366 g/mol. The lowest BCUT2D eigenvalue weighted by atomic mass is 9.94. The second kappa shape index (κ2) is 8.09. The Morgan fingerprint density at radius 3 is 2.44 bits per heavy atom. The predicted molar refractivity (Wildman–Crippen MR) is 98.8 cm³/mol. The van der Waals surface area contributed by atoms with Gasteiger partial charge in [0, 0.05) is 17.0 Å². The van der Waals surface area contributed by atoms with Crippen LogP contribution in [0.3, 0.4) is 0 Å². The molecule has 0 unspecified atom stereocenters. The molecule has 5 nitrogen and oxygen atoms in total. The van der Waals surface area contributed by atoms with Gasteiger partial charge in [-0.25, -0.2) is 4.79 Å². The van der Waals surface area contributed by atoms with Crippen LogP contribution in [0, 0.1) is 0 Å². The molecule has 0 radical (unpaired) electrons. The van der Waals surface area contributed by atoms with E-state index in [1.165, 1.54) is 5.56 Å².